The lowest BCUT2D eigenvalue weighted by Gasteiger charge is -2.05. The van der Waals surface area contributed by atoms with Crippen LogP contribution in [0.25, 0.3) is 0 Å². The molecule has 88 valence electrons. The van der Waals surface area contributed by atoms with Crippen LogP contribution in [0.15, 0.2) is 12.4 Å². The Labute approximate surface area is 92.1 Å². The Morgan fingerprint density at radius 3 is 2.67 bits per heavy atom. The third kappa shape index (κ3) is 5.64. The maximum absolute atomic E-state index is 11.9. The summed E-state index contributed by atoms with van der Waals surface area (Å²) in [5, 5.41) is 6.62. The molecule has 1 aromatic rings. The number of rotatable bonds is 4. The van der Waals surface area contributed by atoms with Gasteiger partial charge < -0.3 is 5.32 Å². The fraction of sp³-hybridized carbons (Fsp3) is 0.625. The van der Waals surface area contributed by atoms with Crippen molar-refractivity contribution >= 4 is 12.4 Å². The number of aromatic nitrogens is 2. The fourth-order valence-corrected chi connectivity index (χ4v) is 1.04. The maximum atomic E-state index is 11.9. The van der Waals surface area contributed by atoms with Gasteiger partial charge in [-0.2, -0.15) is 18.3 Å². The number of nitrogens with zero attached hydrogens (tertiary/aromatic N) is 2. The topological polar surface area (TPSA) is 29.9 Å². The first-order chi connectivity index (χ1) is 6.51. The van der Waals surface area contributed by atoms with E-state index in [2.05, 4.69) is 10.4 Å². The Morgan fingerprint density at radius 1 is 1.47 bits per heavy atom. The lowest BCUT2D eigenvalue weighted by atomic mass is 10.3. The van der Waals surface area contributed by atoms with Crippen LogP contribution in [0.1, 0.15) is 12.5 Å². The summed E-state index contributed by atoms with van der Waals surface area (Å²) in [7, 11) is 0. The van der Waals surface area contributed by atoms with Crippen LogP contribution in [-0.2, 0) is 13.1 Å². The van der Waals surface area contributed by atoms with Gasteiger partial charge in [0.2, 0.25) is 0 Å². The van der Waals surface area contributed by atoms with E-state index in [1.165, 1.54) is 12.4 Å². The van der Waals surface area contributed by atoms with Crippen molar-refractivity contribution < 1.29 is 13.2 Å². The van der Waals surface area contributed by atoms with Gasteiger partial charge in [-0.3, -0.25) is 4.68 Å². The minimum absolute atomic E-state index is 0. The molecule has 1 rings (SSSR count). The average molecular weight is 244 g/mol. The highest BCUT2D eigenvalue weighted by atomic mass is 35.5. The third-order valence-corrected chi connectivity index (χ3v) is 1.61. The summed E-state index contributed by atoms with van der Waals surface area (Å²) >= 11 is 0. The number of hydrogen-bond donors (Lipinski definition) is 1. The molecule has 0 fully saturated rings. The number of hydrogen-bond acceptors (Lipinski definition) is 2. The number of nitrogens with one attached hydrogen (secondary N) is 1. The molecule has 0 unspecified atom stereocenters. The van der Waals surface area contributed by atoms with Gasteiger partial charge in [0.1, 0.15) is 6.54 Å². The molecular weight excluding hydrogens is 231 g/mol. The highest BCUT2D eigenvalue weighted by Crippen LogP contribution is 2.16. The van der Waals surface area contributed by atoms with Gasteiger partial charge >= 0.3 is 6.18 Å². The van der Waals surface area contributed by atoms with Crippen molar-refractivity contribution in [2.75, 3.05) is 6.54 Å². The van der Waals surface area contributed by atoms with Gasteiger partial charge in [-0.05, 0) is 6.54 Å². The smallest absolute Gasteiger partial charge is 0.313 e. The van der Waals surface area contributed by atoms with E-state index in [9.17, 15) is 13.2 Å². The van der Waals surface area contributed by atoms with E-state index in [0.29, 0.717) is 6.54 Å². The molecule has 0 spiro atoms. The van der Waals surface area contributed by atoms with E-state index in [1.807, 2.05) is 6.92 Å². The Balaban J connectivity index is 0.00000196. The molecule has 0 aromatic carbocycles. The van der Waals surface area contributed by atoms with Crippen molar-refractivity contribution in [3.05, 3.63) is 18.0 Å². The fourth-order valence-electron chi connectivity index (χ4n) is 1.04. The molecule has 15 heavy (non-hydrogen) atoms. The summed E-state index contributed by atoms with van der Waals surface area (Å²) in [5.41, 5.74) is 0.760. The second-order valence-corrected chi connectivity index (χ2v) is 2.94. The second kappa shape index (κ2) is 5.97. The minimum Gasteiger partial charge on any atom is -0.313 e. The summed E-state index contributed by atoms with van der Waals surface area (Å²) in [5.74, 6) is 0. The Morgan fingerprint density at radius 2 is 2.13 bits per heavy atom. The minimum atomic E-state index is -4.21. The Kier molecular flexibility index (Phi) is 5.67. The lowest BCUT2D eigenvalue weighted by molar-refractivity contribution is -0.142. The first kappa shape index (κ1) is 14.2. The predicted octanol–water partition coefficient (Wildman–Crippen LogP) is 1.98. The van der Waals surface area contributed by atoms with Crippen molar-refractivity contribution in [1.82, 2.24) is 15.1 Å². The summed E-state index contributed by atoms with van der Waals surface area (Å²) < 4.78 is 36.7. The van der Waals surface area contributed by atoms with Gasteiger partial charge in [0.05, 0.1) is 6.20 Å². The molecule has 1 aromatic heterocycles. The third-order valence-electron chi connectivity index (χ3n) is 1.61. The number of halogens is 4. The van der Waals surface area contributed by atoms with E-state index < -0.39 is 12.7 Å². The molecule has 0 aliphatic rings. The van der Waals surface area contributed by atoms with Gasteiger partial charge in [-0.25, -0.2) is 0 Å². The standard InChI is InChI=1S/C8H12F3N3.ClH/c1-2-12-3-7-4-13-14(5-7)6-8(9,10)11;/h4-5,12H,2-3,6H2,1H3;1H. The van der Waals surface area contributed by atoms with Crippen LogP contribution in [-0.4, -0.2) is 22.5 Å². The van der Waals surface area contributed by atoms with Crippen molar-refractivity contribution in [3.63, 3.8) is 0 Å². The predicted molar refractivity (Wildman–Crippen MR) is 52.9 cm³/mol. The molecule has 0 saturated heterocycles. The zero-order valence-electron chi connectivity index (χ0n) is 8.21. The van der Waals surface area contributed by atoms with Crippen LogP contribution < -0.4 is 5.32 Å². The first-order valence-electron chi connectivity index (χ1n) is 4.30. The lowest BCUT2D eigenvalue weighted by Crippen LogP contribution is -2.18. The first-order valence-corrected chi connectivity index (χ1v) is 4.30. The normalized spacial score (nSPS) is 11.2. The van der Waals surface area contributed by atoms with E-state index in [1.54, 1.807) is 0 Å². The summed E-state index contributed by atoms with van der Waals surface area (Å²) in [4.78, 5) is 0. The van der Waals surface area contributed by atoms with Crippen molar-refractivity contribution in [3.8, 4) is 0 Å². The van der Waals surface area contributed by atoms with Gasteiger partial charge in [0, 0.05) is 18.3 Å². The maximum Gasteiger partial charge on any atom is 0.408 e. The molecule has 0 aliphatic heterocycles. The molecule has 3 nitrogen and oxygen atoms in total. The molecule has 1 N–H and O–H groups in total. The Hall–Kier alpha value is -0.750. The highest BCUT2D eigenvalue weighted by Gasteiger charge is 2.28. The van der Waals surface area contributed by atoms with Crippen LogP contribution in [0.5, 0.6) is 0 Å². The molecule has 0 aliphatic carbocycles. The van der Waals surface area contributed by atoms with Crippen molar-refractivity contribution in [1.29, 1.82) is 0 Å². The molecule has 0 atom stereocenters. The molecule has 7 heteroatoms. The molecule has 0 saturated carbocycles. The highest BCUT2D eigenvalue weighted by molar-refractivity contribution is 5.85. The molecule has 0 radical (unpaired) electrons. The van der Waals surface area contributed by atoms with Crippen LogP contribution in [0.4, 0.5) is 13.2 Å². The molecule has 0 amide bonds. The van der Waals surface area contributed by atoms with E-state index in [-0.39, 0.29) is 12.4 Å². The molecule has 0 bridgehead atoms. The summed E-state index contributed by atoms with van der Waals surface area (Å²) in [6.07, 6.45) is -1.37. The van der Waals surface area contributed by atoms with Gasteiger partial charge in [-0.1, -0.05) is 6.92 Å². The largest absolute Gasteiger partial charge is 0.408 e. The zero-order chi connectivity index (χ0) is 10.6. The van der Waals surface area contributed by atoms with Crippen LogP contribution >= 0.6 is 12.4 Å². The van der Waals surface area contributed by atoms with Gasteiger partial charge in [-0.15, -0.1) is 12.4 Å². The van der Waals surface area contributed by atoms with Crippen LogP contribution in [0, 0.1) is 0 Å². The van der Waals surface area contributed by atoms with E-state index >= 15 is 0 Å². The van der Waals surface area contributed by atoms with Crippen molar-refractivity contribution in [2.24, 2.45) is 0 Å². The molecular formula is C8H13ClF3N3. The van der Waals surface area contributed by atoms with Gasteiger partial charge in [0.25, 0.3) is 0 Å². The quantitative estimate of drug-likeness (QED) is 0.876. The second-order valence-electron chi connectivity index (χ2n) is 2.94. The zero-order valence-corrected chi connectivity index (χ0v) is 9.03. The van der Waals surface area contributed by atoms with Crippen LogP contribution in [0.2, 0.25) is 0 Å². The SMILES string of the molecule is CCNCc1cnn(CC(F)(F)F)c1.Cl. The van der Waals surface area contributed by atoms with E-state index in [0.717, 1.165) is 16.8 Å². The van der Waals surface area contributed by atoms with Gasteiger partial charge in [0.15, 0.2) is 0 Å². The van der Waals surface area contributed by atoms with Crippen LogP contribution in [0.3, 0.4) is 0 Å². The molecule has 1 heterocycles. The summed E-state index contributed by atoms with van der Waals surface area (Å²) in [6, 6.07) is 0. The van der Waals surface area contributed by atoms with Crippen molar-refractivity contribution in [2.45, 2.75) is 26.2 Å². The average Bonchev–Trinajstić information content (AvgIpc) is 2.46. The Bertz CT molecular complexity index is 285. The monoisotopic (exact) mass is 243 g/mol. The summed E-state index contributed by atoms with van der Waals surface area (Å²) in [6.45, 7) is 2.23. The van der Waals surface area contributed by atoms with E-state index in [4.69, 9.17) is 0 Å². The number of alkyl halides is 3.